The molecule has 1 aliphatic heterocycles. The van der Waals surface area contributed by atoms with Gasteiger partial charge in [0.1, 0.15) is 5.75 Å². The van der Waals surface area contributed by atoms with Gasteiger partial charge in [-0.2, -0.15) is 5.10 Å². The number of hydrogen-bond donors (Lipinski definition) is 0. The first-order chi connectivity index (χ1) is 11.3. The van der Waals surface area contributed by atoms with Gasteiger partial charge in [0.2, 0.25) is 0 Å². The van der Waals surface area contributed by atoms with E-state index >= 15 is 0 Å². The molecule has 0 bridgehead atoms. The molecule has 2 aromatic rings. The van der Waals surface area contributed by atoms with Crippen LogP contribution in [0.3, 0.4) is 0 Å². The third-order valence-corrected chi connectivity index (χ3v) is 4.75. The zero-order chi connectivity index (χ0) is 16.1. The van der Waals surface area contributed by atoms with Gasteiger partial charge in [-0.15, -0.1) is 0 Å². The largest absolute Gasteiger partial charge is 0.496 e. The number of methoxy groups -OCH3 is 1. The Bertz CT molecular complexity index is 591. The minimum absolute atomic E-state index is 0.388. The van der Waals surface area contributed by atoms with Crippen molar-refractivity contribution in [1.82, 2.24) is 19.6 Å². The number of aromatic nitrogens is 2. The SMILES string of the molecule is COc1ccccc1C(C)N1CCN(CCn2cccn2)CC1. The van der Waals surface area contributed by atoms with Crippen molar-refractivity contribution in [2.24, 2.45) is 0 Å². The quantitative estimate of drug-likeness (QED) is 0.819. The van der Waals surface area contributed by atoms with Gasteiger partial charge >= 0.3 is 0 Å². The summed E-state index contributed by atoms with van der Waals surface area (Å²) in [5.74, 6) is 0.987. The van der Waals surface area contributed by atoms with E-state index in [1.807, 2.05) is 35.3 Å². The van der Waals surface area contributed by atoms with Crippen molar-refractivity contribution in [3.05, 3.63) is 48.3 Å². The summed E-state index contributed by atoms with van der Waals surface area (Å²) < 4.78 is 7.52. The molecule has 0 N–H and O–H groups in total. The van der Waals surface area contributed by atoms with E-state index in [2.05, 4.69) is 34.0 Å². The Balaban J connectivity index is 1.52. The summed E-state index contributed by atoms with van der Waals surface area (Å²) in [5.41, 5.74) is 1.28. The average Bonchev–Trinajstić information content (AvgIpc) is 3.13. The van der Waals surface area contributed by atoms with E-state index in [1.54, 1.807) is 7.11 Å². The molecule has 2 heterocycles. The molecule has 0 amide bonds. The number of benzene rings is 1. The van der Waals surface area contributed by atoms with Crippen LogP contribution in [0.25, 0.3) is 0 Å². The zero-order valence-electron chi connectivity index (χ0n) is 14.1. The molecular formula is C18H26N4O. The van der Waals surface area contributed by atoms with Crippen molar-refractivity contribution >= 4 is 0 Å². The van der Waals surface area contributed by atoms with Gasteiger partial charge in [0.25, 0.3) is 0 Å². The molecule has 0 aliphatic carbocycles. The molecule has 124 valence electrons. The molecule has 1 atom stereocenters. The van der Waals surface area contributed by atoms with E-state index in [1.165, 1.54) is 5.56 Å². The minimum atomic E-state index is 0.388. The Morgan fingerprint density at radius 1 is 1.09 bits per heavy atom. The Hall–Kier alpha value is -1.85. The summed E-state index contributed by atoms with van der Waals surface area (Å²) >= 11 is 0. The summed E-state index contributed by atoms with van der Waals surface area (Å²) in [6.45, 7) is 8.73. The molecule has 1 aliphatic rings. The molecule has 1 unspecified atom stereocenters. The molecule has 0 radical (unpaired) electrons. The van der Waals surface area contributed by atoms with Gasteiger partial charge in [0.15, 0.2) is 0 Å². The predicted octanol–water partition coefficient (Wildman–Crippen LogP) is 2.27. The number of nitrogens with zero attached hydrogens (tertiary/aromatic N) is 4. The van der Waals surface area contributed by atoms with Gasteiger partial charge in [-0.1, -0.05) is 18.2 Å². The molecule has 3 rings (SSSR count). The Labute approximate surface area is 138 Å². The lowest BCUT2D eigenvalue weighted by atomic mass is 10.0. The van der Waals surface area contributed by atoms with Crippen LogP contribution in [-0.2, 0) is 6.54 Å². The average molecular weight is 314 g/mol. The highest BCUT2D eigenvalue weighted by Crippen LogP contribution is 2.29. The van der Waals surface area contributed by atoms with Gasteiger partial charge in [0.05, 0.1) is 13.7 Å². The number of hydrogen-bond acceptors (Lipinski definition) is 4. The fraction of sp³-hybridized carbons (Fsp3) is 0.500. The molecule has 5 nitrogen and oxygen atoms in total. The third kappa shape index (κ3) is 3.92. The van der Waals surface area contributed by atoms with Crippen LogP contribution >= 0.6 is 0 Å². The second-order valence-corrected chi connectivity index (χ2v) is 6.06. The van der Waals surface area contributed by atoms with Crippen molar-refractivity contribution < 1.29 is 4.74 Å². The summed E-state index contributed by atoms with van der Waals surface area (Å²) in [4.78, 5) is 5.06. The van der Waals surface area contributed by atoms with Crippen molar-refractivity contribution in [3.63, 3.8) is 0 Å². The van der Waals surface area contributed by atoms with Crippen LogP contribution in [0.4, 0.5) is 0 Å². The van der Waals surface area contributed by atoms with Crippen LogP contribution in [0.1, 0.15) is 18.5 Å². The van der Waals surface area contributed by atoms with Crippen molar-refractivity contribution in [2.45, 2.75) is 19.5 Å². The molecule has 0 saturated carbocycles. The van der Waals surface area contributed by atoms with Crippen LogP contribution in [0.2, 0.25) is 0 Å². The van der Waals surface area contributed by atoms with E-state index in [-0.39, 0.29) is 0 Å². The van der Waals surface area contributed by atoms with E-state index in [0.717, 1.165) is 45.0 Å². The van der Waals surface area contributed by atoms with Crippen LogP contribution in [-0.4, -0.2) is 59.4 Å². The van der Waals surface area contributed by atoms with E-state index in [4.69, 9.17) is 4.74 Å². The Kier molecular flexibility index (Phi) is 5.31. The number of piperazine rings is 1. The third-order valence-electron chi connectivity index (χ3n) is 4.75. The number of rotatable bonds is 6. The summed E-state index contributed by atoms with van der Waals surface area (Å²) in [7, 11) is 1.75. The fourth-order valence-corrected chi connectivity index (χ4v) is 3.26. The maximum Gasteiger partial charge on any atom is 0.123 e. The lowest BCUT2D eigenvalue weighted by Gasteiger charge is -2.38. The van der Waals surface area contributed by atoms with E-state index < -0.39 is 0 Å². The second-order valence-electron chi connectivity index (χ2n) is 6.06. The van der Waals surface area contributed by atoms with Crippen LogP contribution < -0.4 is 4.74 Å². The normalized spacial score (nSPS) is 18.0. The predicted molar refractivity (Wildman–Crippen MR) is 91.6 cm³/mol. The molecular weight excluding hydrogens is 288 g/mol. The highest BCUT2D eigenvalue weighted by Gasteiger charge is 2.23. The van der Waals surface area contributed by atoms with Crippen molar-refractivity contribution in [3.8, 4) is 5.75 Å². The Morgan fingerprint density at radius 3 is 2.57 bits per heavy atom. The van der Waals surface area contributed by atoms with Crippen molar-refractivity contribution in [2.75, 3.05) is 39.8 Å². The smallest absolute Gasteiger partial charge is 0.123 e. The van der Waals surface area contributed by atoms with Gasteiger partial charge < -0.3 is 4.74 Å². The minimum Gasteiger partial charge on any atom is -0.496 e. The topological polar surface area (TPSA) is 33.5 Å². The first kappa shape index (κ1) is 16.0. The zero-order valence-corrected chi connectivity index (χ0v) is 14.1. The lowest BCUT2D eigenvalue weighted by molar-refractivity contribution is 0.0982. The van der Waals surface area contributed by atoms with E-state index in [0.29, 0.717) is 6.04 Å². The van der Waals surface area contributed by atoms with Gasteiger partial charge in [0, 0.05) is 56.7 Å². The maximum atomic E-state index is 5.51. The molecule has 1 saturated heterocycles. The number of para-hydroxylation sites is 1. The first-order valence-corrected chi connectivity index (χ1v) is 8.34. The van der Waals surface area contributed by atoms with Crippen LogP contribution in [0.15, 0.2) is 42.7 Å². The molecule has 1 aromatic heterocycles. The maximum absolute atomic E-state index is 5.51. The summed E-state index contributed by atoms with van der Waals surface area (Å²) in [5, 5.41) is 4.27. The van der Waals surface area contributed by atoms with Gasteiger partial charge in [-0.05, 0) is 19.1 Å². The fourth-order valence-electron chi connectivity index (χ4n) is 3.26. The van der Waals surface area contributed by atoms with E-state index in [9.17, 15) is 0 Å². The van der Waals surface area contributed by atoms with Crippen LogP contribution in [0, 0.1) is 0 Å². The standard InChI is InChI=1S/C18H26N4O/c1-16(17-6-3-4-7-18(17)23-2)21-13-10-20(11-14-21)12-15-22-9-5-8-19-22/h3-9,16H,10-15H2,1-2H3. The summed E-state index contributed by atoms with van der Waals surface area (Å²) in [6, 6.07) is 10.7. The first-order valence-electron chi connectivity index (χ1n) is 8.34. The molecule has 0 spiro atoms. The monoisotopic (exact) mass is 314 g/mol. The Morgan fingerprint density at radius 2 is 1.87 bits per heavy atom. The lowest BCUT2D eigenvalue weighted by Crippen LogP contribution is -2.47. The van der Waals surface area contributed by atoms with Crippen LogP contribution in [0.5, 0.6) is 5.75 Å². The summed E-state index contributed by atoms with van der Waals surface area (Å²) in [6.07, 6.45) is 3.87. The second kappa shape index (κ2) is 7.62. The molecule has 1 fully saturated rings. The molecule has 1 aromatic carbocycles. The number of ether oxygens (including phenoxy) is 1. The molecule has 5 heteroatoms. The highest BCUT2D eigenvalue weighted by atomic mass is 16.5. The highest BCUT2D eigenvalue weighted by molar-refractivity contribution is 5.35. The molecule has 23 heavy (non-hydrogen) atoms. The van der Waals surface area contributed by atoms with Crippen molar-refractivity contribution in [1.29, 1.82) is 0 Å². The van der Waals surface area contributed by atoms with Gasteiger partial charge in [-0.3, -0.25) is 14.5 Å². The van der Waals surface area contributed by atoms with Gasteiger partial charge in [-0.25, -0.2) is 0 Å².